The van der Waals surface area contributed by atoms with Gasteiger partial charge in [-0.3, -0.25) is 9.59 Å². The van der Waals surface area contributed by atoms with Gasteiger partial charge in [0.05, 0.1) is 6.54 Å². The van der Waals surface area contributed by atoms with Crippen molar-refractivity contribution in [1.82, 2.24) is 10.6 Å². The van der Waals surface area contributed by atoms with Gasteiger partial charge < -0.3 is 15.7 Å². The van der Waals surface area contributed by atoms with E-state index in [1.165, 1.54) is 0 Å². The molecular weight excluding hydrogens is 220 g/mol. The molecule has 100 valence electrons. The second-order valence-electron chi connectivity index (χ2n) is 5.36. The molecule has 3 N–H and O–H groups in total. The molecule has 0 aromatic carbocycles. The van der Waals surface area contributed by atoms with Crippen molar-refractivity contribution in [2.24, 2.45) is 0 Å². The lowest BCUT2D eigenvalue weighted by Crippen LogP contribution is -2.45. The lowest BCUT2D eigenvalue weighted by atomic mass is 10.1. The van der Waals surface area contributed by atoms with Crippen LogP contribution in [0.2, 0.25) is 0 Å². The molecule has 1 amide bonds. The highest BCUT2D eigenvalue weighted by molar-refractivity contribution is 5.78. The normalized spacial score (nSPS) is 13.2. The van der Waals surface area contributed by atoms with E-state index in [2.05, 4.69) is 10.6 Å². The maximum Gasteiger partial charge on any atom is 0.303 e. The Kier molecular flexibility index (Phi) is 6.80. The zero-order valence-electron chi connectivity index (χ0n) is 11.2. The Morgan fingerprint density at radius 2 is 1.88 bits per heavy atom. The fourth-order valence-electron chi connectivity index (χ4n) is 1.30. The summed E-state index contributed by atoms with van der Waals surface area (Å²) in [5.74, 6) is -0.847. The first kappa shape index (κ1) is 15.9. The molecule has 0 aromatic rings. The van der Waals surface area contributed by atoms with Gasteiger partial charge in [-0.15, -0.1) is 0 Å². The lowest BCUT2D eigenvalue weighted by Gasteiger charge is -2.21. The molecule has 0 bridgehead atoms. The molecule has 0 fully saturated rings. The summed E-state index contributed by atoms with van der Waals surface area (Å²) in [4.78, 5) is 21.8. The van der Waals surface area contributed by atoms with Crippen LogP contribution in [0.4, 0.5) is 0 Å². The SMILES string of the molecule is CC(CCCC(=O)O)NC(=O)CNC(C)(C)C. The number of nitrogens with one attached hydrogen (secondary N) is 2. The van der Waals surface area contributed by atoms with Gasteiger partial charge in [-0.1, -0.05) is 0 Å². The molecule has 0 saturated heterocycles. The number of carbonyl (C=O) groups excluding carboxylic acids is 1. The first-order valence-electron chi connectivity index (χ1n) is 5.97. The van der Waals surface area contributed by atoms with Gasteiger partial charge >= 0.3 is 5.97 Å². The van der Waals surface area contributed by atoms with Crippen LogP contribution in [0.5, 0.6) is 0 Å². The van der Waals surface area contributed by atoms with Crippen LogP contribution >= 0.6 is 0 Å². The van der Waals surface area contributed by atoms with Crippen molar-refractivity contribution in [2.75, 3.05) is 6.54 Å². The molecule has 1 unspecified atom stereocenters. The molecule has 0 radical (unpaired) electrons. The average molecular weight is 244 g/mol. The number of aliphatic carboxylic acids is 1. The van der Waals surface area contributed by atoms with Gasteiger partial charge in [0.1, 0.15) is 0 Å². The highest BCUT2D eigenvalue weighted by Gasteiger charge is 2.12. The highest BCUT2D eigenvalue weighted by Crippen LogP contribution is 2.01. The summed E-state index contributed by atoms with van der Waals surface area (Å²) in [7, 11) is 0. The molecular formula is C12H24N2O3. The Balaban J connectivity index is 3.69. The average Bonchev–Trinajstić information content (AvgIpc) is 2.13. The second-order valence-corrected chi connectivity index (χ2v) is 5.36. The number of rotatable bonds is 7. The molecule has 17 heavy (non-hydrogen) atoms. The number of amides is 1. The van der Waals surface area contributed by atoms with Gasteiger partial charge in [0.15, 0.2) is 0 Å². The first-order valence-corrected chi connectivity index (χ1v) is 5.97. The standard InChI is InChI=1S/C12H24N2O3/c1-9(6-5-7-11(16)17)14-10(15)8-13-12(2,3)4/h9,13H,5-8H2,1-4H3,(H,14,15)(H,16,17). The molecule has 0 aliphatic rings. The van der Waals surface area contributed by atoms with Crippen LogP contribution in [-0.2, 0) is 9.59 Å². The molecule has 5 nitrogen and oxygen atoms in total. The van der Waals surface area contributed by atoms with Gasteiger partial charge in [0.25, 0.3) is 0 Å². The molecule has 0 spiro atoms. The monoisotopic (exact) mass is 244 g/mol. The smallest absolute Gasteiger partial charge is 0.303 e. The van der Waals surface area contributed by atoms with Crippen LogP contribution in [0.25, 0.3) is 0 Å². The van der Waals surface area contributed by atoms with Crippen molar-refractivity contribution in [3.05, 3.63) is 0 Å². The number of carboxylic acid groups (broad SMARTS) is 1. The molecule has 0 aliphatic carbocycles. The zero-order chi connectivity index (χ0) is 13.5. The summed E-state index contributed by atoms with van der Waals surface area (Å²) < 4.78 is 0. The van der Waals surface area contributed by atoms with E-state index >= 15 is 0 Å². The summed E-state index contributed by atoms with van der Waals surface area (Å²) in [6, 6.07) is 0.0172. The number of carboxylic acids is 1. The van der Waals surface area contributed by atoms with E-state index in [4.69, 9.17) is 5.11 Å². The van der Waals surface area contributed by atoms with Crippen molar-refractivity contribution in [3.63, 3.8) is 0 Å². The van der Waals surface area contributed by atoms with E-state index < -0.39 is 5.97 Å². The van der Waals surface area contributed by atoms with E-state index in [-0.39, 0.29) is 30.5 Å². The Hall–Kier alpha value is -1.10. The van der Waals surface area contributed by atoms with Gasteiger partial charge in [-0.25, -0.2) is 0 Å². The minimum Gasteiger partial charge on any atom is -0.481 e. The molecule has 0 heterocycles. The maximum absolute atomic E-state index is 11.5. The number of carbonyl (C=O) groups is 2. The largest absolute Gasteiger partial charge is 0.481 e. The first-order chi connectivity index (χ1) is 7.70. The molecule has 5 heteroatoms. The van der Waals surface area contributed by atoms with E-state index in [0.29, 0.717) is 12.8 Å². The Morgan fingerprint density at radius 1 is 1.29 bits per heavy atom. The topological polar surface area (TPSA) is 78.4 Å². The molecule has 0 aromatic heterocycles. The minimum absolute atomic E-state index is 0.0172. The van der Waals surface area contributed by atoms with Gasteiger partial charge in [0.2, 0.25) is 5.91 Å². The van der Waals surface area contributed by atoms with E-state index in [9.17, 15) is 9.59 Å². The molecule has 1 atom stereocenters. The van der Waals surface area contributed by atoms with Crippen LogP contribution in [0.1, 0.15) is 47.0 Å². The number of hydrogen-bond acceptors (Lipinski definition) is 3. The van der Waals surface area contributed by atoms with Crippen LogP contribution in [0, 0.1) is 0 Å². The molecule has 0 rings (SSSR count). The van der Waals surface area contributed by atoms with Crippen LogP contribution < -0.4 is 10.6 Å². The Bertz CT molecular complexity index is 259. The maximum atomic E-state index is 11.5. The third kappa shape index (κ3) is 11.2. The predicted molar refractivity (Wildman–Crippen MR) is 66.8 cm³/mol. The second kappa shape index (κ2) is 7.27. The zero-order valence-corrected chi connectivity index (χ0v) is 11.2. The predicted octanol–water partition coefficient (Wildman–Crippen LogP) is 1.13. The van der Waals surface area contributed by atoms with Gasteiger partial charge in [-0.2, -0.15) is 0 Å². The Labute approximate surface area is 103 Å². The Morgan fingerprint density at radius 3 is 2.35 bits per heavy atom. The van der Waals surface area contributed by atoms with Crippen molar-refractivity contribution < 1.29 is 14.7 Å². The van der Waals surface area contributed by atoms with E-state index in [1.54, 1.807) is 0 Å². The van der Waals surface area contributed by atoms with E-state index in [0.717, 1.165) is 0 Å². The van der Waals surface area contributed by atoms with Crippen molar-refractivity contribution in [1.29, 1.82) is 0 Å². The number of hydrogen-bond donors (Lipinski definition) is 3. The summed E-state index contributed by atoms with van der Waals surface area (Å²) >= 11 is 0. The summed E-state index contributed by atoms with van der Waals surface area (Å²) in [6.45, 7) is 8.16. The van der Waals surface area contributed by atoms with Crippen LogP contribution in [0.3, 0.4) is 0 Å². The van der Waals surface area contributed by atoms with Crippen molar-refractivity contribution in [3.8, 4) is 0 Å². The molecule has 0 saturated carbocycles. The third-order valence-corrected chi connectivity index (χ3v) is 2.21. The van der Waals surface area contributed by atoms with Crippen molar-refractivity contribution in [2.45, 2.75) is 58.5 Å². The fraction of sp³-hybridized carbons (Fsp3) is 0.833. The van der Waals surface area contributed by atoms with E-state index in [1.807, 2.05) is 27.7 Å². The third-order valence-electron chi connectivity index (χ3n) is 2.21. The highest BCUT2D eigenvalue weighted by atomic mass is 16.4. The van der Waals surface area contributed by atoms with Crippen LogP contribution in [0.15, 0.2) is 0 Å². The van der Waals surface area contributed by atoms with Crippen LogP contribution in [-0.4, -0.2) is 35.1 Å². The molecule has 0 aliphatic heterocycles. The van der Waals surface area contributed by atoms with Crippen molar-refractivity contribution >= 4 is 11.9 Å². The minimum atomic E-state index is -0.794. The fourth-order valence-corrected chi connectivity index (χ4v) is 1.30. The lowest BCUT2D eigenvalue weighted by molar-refractivity contribution is -0.137. The summed E-state index contributed by atoms with van der Waals surface area (Å²) in [5.41, 5.74) is -0.0795. The van der Waals surface area contributed by atoms with Gasteiger partial charge in [0, 0.05) is 18.0 Å². The summed E-state index contributed by atoms with van der Waals surface area (Å²) in [5, 5.41) is 14.4. The van der Waals surface area contributed by atoms with Gasteiger partial charge in [-0.05, 0) is 40.5 Å². The summed E-state index contributed by atoms with van der Waals surface area (Å²) in [6.07, 6.45) is 1.43. The quantitative estimate of drug-likeness (QED) is 0.627.